The van der Waals surface area contributed by atoms with Crippen LogP contribution in [0.15, 0.2) is 24.3 Å². The third-order valence-corrected chi connectivity index (χ3v) is 4.01. The number of methoxy groups -OCH3 is 1. The van der Waals surface area contributed by atoms with Crippen molar-refractivity contribution in [2.24, 2.45) is 0 Å². The maximum Gasteiger partial charge on any atom is 0.225 e. The van der Waals surface area contributed by atoms with E-state index in [1.54, 1.807) is 7.11 Å². The van der Waals surface area contributed by atoms with Gasteiger partial charge in [0, 0.05) is 30.9 Å². The van der Waals surface area contributed by atoms with Gasteiger partial charge >= 0.3 is 0 Å². The molecule has 0 unspecified atom stereocenters. The summed E-state index contributed by atoms with van der Waals surface area (Å²) in [4.78, 5) is 11.5. The van der Waals surface area contributed by atoms with Crippen LogP contribution in [-0.2, 0) is 13.0 Å². The number of nitrogens with zero attached hydrogens (tertiary/aromatic N) is 3. The van der Waals surface area contributed by atoms with E-state index in [0.717, 1.165) is 36.8 Å². The van der Waals surface area contributed by atoms with Crippen molar-refractivity contribution in [3.8, 4) is 5.75 Å². The van der Waals surface area contributed by atoms with Gasteiger partial charge in [-0.25, -0.2) is 4.98 Å². The van der Waals surface area contributed by atoms with Crippen LogP contribution in [0.1, 0.15) is 30.7 Å². The minimum Gasteiger partial charge on any atom is -0.497 e. The van der Waals surface area contributed by atoms with E-state index in [-0.39, 0.29) is 0 Å². The van der Waals surface area contributed by atoms with Gasteiger partial charge in [0.25, 0.3) is 0 Å². The Morgan fingerprint density at radius 3 is 2.74 bits per heavy atom. The fraction of sp³-hybridized carbons (Fsp3) is 0.444. The average molecular weight is 312 g/mol. The van der Waals surface area contributed by atoms with E-state index >= 15 is 0 Å². The Morgan fingerprint density at radius 2 is 2.00 bits per heavy atom. The molecule has 5 nitrogen and oxygen atoms in total. The summed E-state index contributed by atoms with van der Waals surface area (Å²) >= 11 is 0. The van der Waals surface area contributed by atoms with Crippen molar-refractivity contribution in [3.63, 3.8) is 0 Å². The molecule has 2 heterocycles. The van der Waals surface area contributed by atoms with Gasteiger partial charge in [-0.1, -0.05) is 6.07 Å². The van der Waals surface area contributed by atoms with Crippen molar-refractivity contribution in [2.75, 3.05) is 23.9 Å². The second kappa shape index (κ2) is 6.44. The molecule has 0 amide bonds. The molecule has 5 heteroatoms. The van der Waals surface area contributed by atoms with Crippen LogP contribution in [0, 0.1) is 6.92 Å². The Bertz CT molecular complexity index is 699. The number of nitrogens with one attached hydrogen (secondary N) is 1. The molecule has 0 aliphatic carbocycles. The molecule has 0 saturated carbocycles. The summed E-state index contributed by atoms with van der Waals surface area (Å²) in [6.45, 7) is 8.03. The first-order valence-corrected chi connectivity index (χ1v) is 8.08. The molecule has 0 saturated heterocycles. The molecular weight excluding hydrogens is 288 g/mol. The lowest BCUT2D eigenvalue weighted by Crippen LogP contribution is -2.31. The Kier molecular flexibility index (Phi) is 4.37. The standard InChI is InChI=1S/C18H24N4O/c1-12(2)19-18-20-13(3)9-17(21-18)22-8-7-14-10-16(23-4)6-5-15(14)11-22/h5-6,9-10,12H,7-8,11H2,1-4H3,(H,19,20,21). The van der Waals surface area contributed by atoms with Gasteiger partial charge < -0.3 is 15.0 Å². The SMILES string of the molecule is COc1ccc2c(c1)CCN(c1cc(C)nc(NC(C)C)n1)C2. The first-order chi connectivity index (χ1) is 11.0. The van der Waals surface area contributed by atoms with Crippen molar-refractivity contribution in [1.29, 1.82) is 0 Å². The average Bonchev–Trinajstić information content (AvgIpc) is 2.52. The quantitative estimate of drug-likeness (QED) is 0.939. The topological polar surface area (TPSA) is 50.3 Å². The van der Waals surface area contributed by atoms with Gasteiger partial charge in [-0.05, 0) is 50.5 Å². The maximum atomic E-state index is 5.32. The highest BCUT2D eigenvalue weighted by atomic mass is 16.5. The largest absolute Gasteiger partial charge is 0.497 e. The summed E-state index contributed by atoms with van der Waals surface area (Å²) in [5, 5.41) is 3.29. The van der Waals surface area contributed by atoms with Crippen molar-refractivity contribution in [3.05, 3.63) is 41.1 Å². The van der Waals surface area contributed by atoms with E-state index in [9.17, 15) is 0 Å². The molecule has 0 fully saturated rings. The number of benzene rings is 1. The molecule has 23 heavy (non-hydrogen) atoms. The van der Waals surface area contributed by atoms with E-state index in [2.05, 4.69) is 52.2 Å². The number of ether oxygens (including phenoxy) is 1. The molecule has 1 aromatic heterocycles. The van der Waals surface area contributed by atoms with Crippen LogP contribution >= 0.6 is 0 Å². The van der Waals surface area contributed by atoms with E-state index < -0.39 is 0 Å². The van der Waals surface area contributed by atoms with Gasteiger partial charge in [0.05, 0.1) is 7.11 Å². The smallest absolute Gasteiger partial charge is 0.225 e. The molecule has 1 aliphatic rings. The minimum absolute atomic E-state index is 0.319. The summed E-state index contributed by atoms with van der Waals surface area (Å²) in [6, 6.07) is 8.70. The Balaban J connectivity index is 1.84. The third-order valence-electron chi connectivity index (χ3n) is 4.01. The summed E-state index contributed by atoms with van der Waals surface area (Å²) in [5.41, 5.74) is 3.69. The Labute approximate surface area is 137 Å². The number of rotatable bonds is 4. The van der Waals surface area contributed by atoms with Gasteiger partial charge in [0.2, 0.25) is 5.95 Å². The lowest BCUT2D eigenvalue weighted by Gasteiger charge is -2.30. The summed E-state index contributed by atoms with van der Waals surface area (Å²) < 4.78 is 5.32. The molecule has 0 radical (unpaired) electrons. The van der Waals surface area contributed by atoms with E-state index in [0.29, 0.717) is 12.0 Å². The Hall–Kier alpha value is -2.30. The third kappa shape index (κ3) is 3.55. The van der Waals surface area contributed by atoms with Crippen molar-refractivity contribution in [1.82, 2.24) is 9.97 Å². The van der Waals surface area contributed by atoms with Crippen LogP contribution in [0.25, 0.3) is 0 Å². The van der Waals surface area contributed by atoms with Gasteiger partial charge in [-0.2, -0.15) is 4.98 Å². The van der Waals surface area contributed by atoms with Crippen LogP contribution in [0.2, 0.25) is 0 Å². The number of anilines is 2. The monoisotopic (exact) mass is 312 g/mol. The van der Waals surface area contributed by atoms with E-state index in [1.807, 2.05) is 13.0 Å². The highest BCUT2D eigenvalue weighted by molar-refractivity contribution is 5.49. The summed E-state index contributed by atoms with van der Waals surface area (Å²) in [5.74, 6) is 2.62. The maximum absolute atomic E-state index is 5.32. The van der Waals surface area contributed by atoms with Gasteiger partial charge in [0.15, 0.2) is 0 Å². The first-order valence-electron chi connectivity index (χ1n) is 8.08. The molecule has 0 atom stereocenters. The summed E-state index contributed by atoms with van der Waals surface area (Å²) in [6.07, 6.45) is 1.00. The molecule has 3 rings (SSSR count). The molecule has 0 bridgehead atoms. The molecular formula is C18H24N4O. The van der Waals surface area contributed by atoms with E-state index in [4.69, 9.17) is 4.74 Å². The fourth-order valence-electron chi connectivity index (χ4n) is 2.89. The van der Waals surface area contributed by atoms with Gasteiger partial charge in [-0.3, -0.25) is 0 Å². The highest BCUT2D eigenvalue weighted by Crippen LogP contribution is 2.27. The molecule has 1 aromatic carbocycles. The van der Waals surface area contributed by atoms with Gasteiger partial charge in [0.1, 0.15) is 11.6 Å². The van der Waals surface area contributed by atoms with Gasteiger partial charge in [-0.15, -0.1) is 0 Å². The number of hydrogen-bond acceptors (Lipinski definition) is 5. The predicted octanol–water partition coefficient (Wildman–Crippen LogP) is 3.18. The molecule has 1 aliphatic heterocycles. The van der Waals surface area contributed by atoms with Crippen LogP contribution in [-0.4, -0.2) is 29.7 Å². The minimum atomic E-state index is 0.319. The number of fused-ring (bicyclic) bond motifs is 1. The van der Waals surface area contributed by atoms with Crippen molar-refractivity contribution in [2.45, 2.75) is 39.8 Å². The zero-order chi connectivity index (χ0) is 16.4. The highest BCUT2D eigenvalue weighted by Gasteiger charge is 2.19. The van der Waals surface area contributed by atoms with Crippen molar-refractivity contribution < 1.29 is 4.74 Å². The van der Waals surface area contributed by atoms with E-state index in [1.165, 1.54) is 11.1 Å². The number of aromatic nitrogens is 2. The lowest BCUT2D eigenvalue weighted by molar-refractivity contribution is 0.413. The Morgan fingerprint density at radius 1 is 1.17 bits per heavy atom. The van der Waals surface area contributed by atoms with Crippen molar-refractivity contribution >= 4 is 11.8 Å². The van der Waals surface area contributed by atoms with Crippen LogP contribution in [0.4, 0.5) is 11.8 Å². The second-order valence-electron chi connectivity index (χ2n) is 6.30. The summed E-state index contributed by atoms with van der Waals surface area (Å²) in [7, 11) is 1.71. The fourth-order valence-corrected chi connectivity index (χ4v) is 2.89. The van der Waals surface area contributed by atoms with Crippen LogP contribution in [0.3, 0.4) is 0 Å². The molecule has 122 valence electrons. The molecule has 2 aromatic rings. The lowest BCUT2D eigenvalue weighted by atomic mass is 9.99. The zero-order valence-electron chi connectivity index (χ0n) is 14.3. The number of aryl methyl sites for hydroxylation is 1. The normalized spacial score (nSPS) is 13.9. The zero-order valence-corrected chi connectivity index (χ0v) is 14.3. The van der Waals surface area contributed by atoms with Crippen LogP contribution in [0.5, 0.6) is 5.75 Å². The van der Waals surface area contributed by atoms with Crippen LogP contribution < -0.4 is 15.0 Å². The molecule has 1 N–H and O–H groups in total. The predicted molar refractivity (Wildman–Crippen MR) is 93.3 cm³/mol. The second-order valence-corrected chi connectivity index (χ2v) is 6.30. The number of hydrogen-bond donors (Lipinski definition) is 1. The molecule has 0 spiro atoms. The first kappa shape index (κ1) is 15.6.